The summed E-state index contributed by atoms with van der Waals surface area (Å²) in [6.07, 6.45) is 2.67. The molecular formula is C16H14N2O6. The van der Waals surface area contributed by atoms with Crippen molar-refractivity contribution in [3.8, 4) is 0 Å². The molecule has 2 saturated carbocycles. The highest BCUT2D eigenvalue weighted by Gasteiger charge is 2.61. The topological polar surface area (TPSA) is 118 Å². The number of hydrogen-bond acceptors (Lipinski definition) is 5. The predicted molar refractivity (Wildman–Crippen MR) is 80.4 cm³/mol. The maximum absolute atomic E-state index is 12.8. The first-order chi connectivity index (χ1) is 11.4. The molecule has 1 aromatic rings. The number of carboxylic acid groups (broad SMARTS) is 1. The highest BCUT2D eigenvalue weighted by atomic mass is 16.6. The molecule has 1 N–H and O–H groups in total. The number of aromatic carboxylic acids is 1. The molecule has 0 aromatic heterocycles. The van der Waals surface area contributed by atoms with E-state index in [1.54, 1.807) is 0 Å². The molecule has 4 rings (SSSR count). The first kappa shape index (κ1) is 14.8. The van der Waals surface area contributed by atoms with E-state index in [9.17, 15) is 29.6 Å². The highest BCUT2D eigenvalue weighted by Crippen LogP contribution is 2.56. The molecule has 24 heavy (non-hydrogen) atoms. The van der Waals surface area contributed by atoms with Crippen LogP contribution < -0.4 is 4.90 Å². The summed E-state index contributed by atoms with van der Waals surface area (Å²) in [5.74, 6) is -2.66. The SMILES string of the molecule is O=C(O)c1ccc([N+](=O)[O-])cc1N1C(=O)[C@@H]2[C@H]3CC[C@H](C3)[C@@H]2C1=O. The molecule has 1 heterocycles. The fourth-order valence-corrected chi connectivity index (χ4v) is 4.65. The average Bonchev–Trinajstić information content (AvgIpc) is 3.20. The summed E-state index contributed by atoms with van der Waals surface area (Å²) >= 11 is 0. The Kier molecular flexibility index (Phi) is 3.00. The molecule has 8 heteroatoms. The van der Waals surface area contributed by atoms with Gasteiger partial charge in [-0.3, -0.25) is 19.7 Å². The lowest BCUT2D eigenvalue weighted by atomic mass is 9.81. The lowest BCUT2D eigenvalue weighted by molar-refractivity contribution is -0.384. The molecule has 3 fully saturated rings. The molecule has 0 spiro atoms. The van der Waals surface area contributed by atoms with E-state index in [0.717, 1.165) is 42.4 Å². The molecule has 2 amide bonds. The molecule has 4 atom stereocenters. The maximum Gasteiger partial charge on any atom is 0.337 e. The van der Waals surface area contributed by atoms with E-state index in [1.807, 2.05) is 0 Å². The van der Waals surface area contributed by atoms with Gasteiger partial charge in [-0.05, 0) is 37.2 Å². The van der Waals surface area contributed by atoms with Gasteiger partial charge in [0.05, 0.1) is 28.0 Å². The Morgan fingerprint density at radius 1 is 1.17 bits per heavy atom. The molecule has 0 unspecified atom stereocenters. The minimum absolute atomic E-state index is 0.161. The minimum atomic E-state index is -1.33. The summed E-state index contributed by atoms with van der Waals surface area (Å²) in [7, 11) is 0. The Hall–Kier alpha value is -2.77. The molecular weight excluding hydrogens is 316 g/mol. The number of nitro groups is 1. The number of carbonyl (C=O) groups is 3. The van der Waals surface area contributed by atoms with Gasteiger partial charge in [-0.2, -0.15) is 0 Å². The van der Waals surface area contributed by atoms with Crippen molar-refractivity contribution in [1.29, 1.82) is 0 Å². The largest absolute Gasteiger partial charge is 0.478 e. The van der Waals surface area contributed by atoms with Crippen LogP contribution in [0.4, 0.5) is 11.4 Å². The van der Waals surface area contributed by atoms with Gasteiger partial charge < -0.3 is 5.11 Å². The summed E-state index contributed by atoms with van der Waals surface area (Å²) < 4.78 is 0. The van der Waals surface area contributed by atoms with E-state index in [2.05, 4.69) is 0 Å². The number of benzene rings is 1. The number of anilines is 1. The van der Waals surface area contributed by atoms with Gasteiger partial charge in [-0.1, -0.05) is 0 Å². The number of hydrogen-bond donors (Lipinski definition) is 1. The van der Waals surface area contributed by atoms with Crippen molar-refractivity contribution < 1.29 is 24.4 Å². The molecule has 0 radical (unpaired) electrons. The van der Waals surface area contributed by atoms with Crippen LogP contribution in [-0.4, -0.2) is 27.8 Å². The van der Waals surface area contributed by atoms with Gasteiger partial charge in [0.1, 0.15) is 0 Å². The van der Waals surface area contributed by atoms with Gasteiger partial charge in [0.2, 0.25) is 11.8 Å². The van der Waals surface area contributed by atoms with Crippen LogP contribution in [-0.2, 0) is 9.59 Å². The summed E-state index contributed by atoms with van der Waals surface area (Å²) in [6, 6.07) is 3.13. The van der Waals surface area contributed by atoms with E-state index >= 15 is 0 Å². The second kappa shape index (κ2) is 4.86. The maximum atomic E-state index is 12.8. The molecule has 2 bridgehead atoms. The lowest BCUT2D eigenvalue weighted by Gasteiger charge is -2.19. The number of nitrogens with zero attached hydrogens (tertiary/aromatic N) is 2. The van der Waals surface area contributed by atoms with Crippen molar-refractivity contribution in [2.45, 2.75) is 19.3 Å². The summed E-state index contributed by atoms with van der Waals surface area (Å²) in [5, 5.41) is 20.3. The standard InChI is InChI=1S/C16H14N2O6/c19-14-12-7-1-2-8(5-7)13(12)15(20)17(14)11-6-9(18(23)24)3-4-10(11)16(21)22/h3-4,6-8,12-13H,1-2,5H2,(H,21,22)/t7-,8+,12+,13-. The van der Waals surface area contributed by atoms with Crippen molar-refractivity contribution in [2.24, 2.45) is 23.7 Å². The van der Waals surface area contributed by atoms with E-state index < -0.39 is 34.5 Å². The second-order valence-corrected chi connectivity index (χ2v) is 6.66. The summed E-state index contributed by atoms with van der Waals surface area (Å²) in [5.41, 5.74) is -0.828. The molecule has 2 aliphatic carbocycles. The minimum Gasteiger partial charge on any atom is -0.478 e. The number of carbonyl (C=O) groups excluding carboxylic acids is 2. The van der Waals surface area contributed by atoms with Gasteiger partial charge in [0, 0.05) is 12.1 Å². The number of nitro benzene ring substituents is 1. The van der Waals surface area contributed by atoms with Gasteiger partial charge in [-0.15, -0.1) is 0 Å². The van der Waals surface area contributed by atoms with Crippen molar-refractivity contribution in [3.63, 3.8) is 0 Å². The van der Waals surface area contributed by atoms with Crippen LogP contribution in [0.1, 0.15) is 29.6 Å². The van der Waals surface area contributed by atoms with Gasteiger partial charge in [0.15, 0.2) is 0 Å². The quantitative estimate of drug-likeness (QED) is 0.513. The molecule has 1 saturated heterocycles. The Labute approximate surface area is 136 Å². The monoisotopic (exact) mass is 330 g/mol. The fourth-order valence-electron chi connectivity index (χ4n) is 4.65. The van der Waals surface area contributed by atoms with Gasteiger partial charge >= 0.3 is 5.97 Å². The van der Waals surface area contributed by atoms with E-state index in [-0.39, 0.29) is 28.8 Å². The number of fused-ring (bicyclic) bond motifs is 5. The number of carboxylic acids is 1. The predicted octanol–water partition coefficient (Wildman–Crippen LogP) is 1.83. The van der Waals surface area contributed by atoms with Crippen LogP contribution in [0.3, 0.4) is 0 Å². The Morgan fingerprint density at radius 3 is 2.25 bits per heavy atom. The van der Waals surface area contributed by atoms with Crippen LogP contribution in [0.25, 0.3) is 0 Å². The number of imide groups is 1. The fraction of sp³-hybridized carbons (Fsp3) is 0.438. The second-order valence-electron chi connectivity index (χ2n) is 6.66. The first-order valence-electron chi connectivity index (χ1n) is 7.79. The summed E-state index contributed by atoms with van der Waals surface area (Å²) in [4.78, 5) is 48.2. The average molecular weight is 330 g/mol. The van der Waals surface area contributed by atoms with Crippen LogP contribution in [0.15, 0.2) is 18.2 Å². The number of amides is 2. The van der Waals surface area contributed by atoms with Crippen molar-refractivity contribution in [3.05, 3.63) is 33.9 Å². The van der Waals surface area contributed by atoms with Crippen LogP contribution in [0.5, 0.6) is 0 Å². The number of non-ortho nitro benzene ring substituents is 1. The lowest BCUT2D eigenvalue weighted by Crippen LogP contribution is -2.34. The third-order valence-electron chi connectivity index (χ3n) is 5.59. The molecule has 8 nitrogen and oxygen atoms in total. The Morgan fingerprint density at radius 2 is 1.75 bits per heavy atom. The zero-order valence-corrected chi connectivity index (χ0v) is 12.5. The van der Waals surface area contributed by atoms with Crippen LogP contribution >= 0.6 is 0 Å². The molecule has 1 aliphatic heterocycles. The zero-order valence-electron chi connectivity index (χ0n) is 12.5. The molecule has 3 aliphatic rings. The smallest absolute Gasteiger partial charge is 0.337 e. The first-order valence-corrected chi connectivity index (χ1v) is 7.79. The van der Waals surface area contributed by atoms with Crippen LogP contribution in [0.2, 0.25) is 0 Å². The van der Waals surface area contributed by atoms with Crippen LogP contribution in [0, 0.1) is 33.8 Å². The Balaban J connectivity index is 1.82. The van der Waals surface area contributed by atoms with Gasteiger partial charge in [0.25, 0.3) is 5.69 Å². The van der Waals surface area contributed by atoms with E-state index in [0.29, 0.717) is 0 Å². The Bertz CT molecular complexity index is 776. The normalized spacial score (nSPS) is 30.8. The third kappa shape index (κ3) is 1.82. The molecule has 124 valence electrons. The van der Waals surface area contributed by atoms with E-state index in [4.69, 9.17) is 0 Å². The van der Waals surface area contributed by atoms with Crippen molar-refractivity contribution in [2.75, 3.05) is 4.90 Å². The van der Waals surface area contributed by atoms with Gasteiger partial charge in [-0.25, -0.2) is 9.69 Å². The third-order valence-corrected chi connectivity index (χ3v) is 5.59. The van der Waals surface area contributed by atoms with Crippen molar-refractivity contribution in [1.82, 2.24) is 0 Å². The molecule has 1 aromatic carbocycles. The van der Waals surface area contributed by atoms with E-state index in [1.165, 1.54) is 0 Å². The summed E-state index contributed by atoms with van der Waals surface area (Å²) in [6.45, 7) is 0. The van der Waals surface area contributed by atoms with Crippen molar-refractivity contribution >= 4 is 29.2 Å². The zero-order chi connectivity index (χ0) is 17.2. The number of rotatable bonds is 3. The highest BCUT2D eigenvalue weighted by molar-refractivity contribution is 6.24.